The molecule has 0 unspecified atom stereocenters. The van der Waals surface area contributed by atoms with E-state index in [1.165, 1.54) is 0 Å². The maximum Gasteiger partial charge on any atom is 0.259 e. The minimum Gasteiger partial charge on any atom is -0.466 e. The smallest absolute Gasteiger partial charge is 0.259 e. The Balaban J connectivity index is 0.00000264. The van der Waals surface area contributed by atoms with E-state index in [4.69, 9.17) is 10.2 Å². The number of furan rings is 1. The highest BCUT2D eigenvalue weighted by Crippen LogP contribution is 2.19. The highest BCUT2D eigenvalue weighted by molar-refractivity contribution is 6.09. The van der Waals surface area contributed by atoms with Gasteiger partial charge < -0.3 is 20.8 Å². The number of hydrogen-bond donors (Lipinski definition) is 3. The predicted molar refractivity (Wildman–Crippen MR) is 91.2 cm³/mol. The number of rotatable bonds is 5. The molecule has 2 rings (SSSR count). The zero-order valence-electron chi connectivity index (χ0n) is 13.0. The molecular weight excluding hydrogens is 318 g/mol. The van der Waals surface area contributed by atoms with Gasteiger partial charge in [0.1, 0.15) is 11.5 Å². The number of aryl methyl sites for hydroxylation is 2. The molecule has 2 amide bonds. The molecule has 0 aliphatic carbocycles. The Morgan fingerprint density at radius 2 is 1.83 bits per heavy atom. The van der Waals surface area contributed by atoms with Crippen LogP contribution in [-0.4, -0.2) is 24.9 Å². The van der Waals surface area contributed by atoms with E-state index in [1.54, 1.807) is 44.2 Å². The van der Waals surface area contributed by atoms with Gasteiger partial charge in [0.2, 0.25) is 0 Å². The number of amides is 2. The molecule has 0 atom stereocenters. The molecule has 0 radical (unpaired) electrons. The minimum atomic E-state index is -0.312. The van der Waals surface area contributed by atoms with Crippen LogP contribution in [0.2, 0.25) is 0 Å². The van der Waals surface area contributed by atoms with Crippen LogP contribution in [0.3, 0.4) is 0 Å². The standard InChI is InChI=1S/C16H19N3O3.ClH/c1-10-9-13(11(2)22-10)16(21)19-14-6-4-3-5-12(14)15(20)18-8-7-17;/h3-6,9H,7-8,17H2,1-2H3,(H,18,20)(H,19,21);1H. The SMILES string of the molecule is Cc1cc(C(=O)Nc2ccccc2C(=O)NCCN)c(C)o1.Cl. The van der Waals surface area contributed by atoms with Crippen molar-refractivity contribution in [2.75, 3.05) is 18.4 Å². The second-order valence-electron chi connectivity index (χ2n) is 4.87. The van der Waals surface area contributed by atoms with Crippen molar-refractivity contribution in [1.29, 1.82) is 0 Å². The Kier molecular flexibility index (Phi) is 6.81. The van der Waals surface area contributed by atoms with Gasteiger partial charge in [0.05, 0.1) is 16.8 Å². The van der Waals surface area contributed by atoms with Crippen molar-refractivity contribution < 1.29 is 14.0 Å². The van der Waals surface area contributed by atoms with Crippen molar-refractivity contribution in [1.82, 2.24) is 5.32 Å². The maximum atomic E-state index is 12.3. The lowest BCUT2D eigenvalue weighted by atomic mass is 10.1. The molecule has 0 saturated carbocycles. The maximum absolute atomic E-state index is 12.3. The van der Waals surface area contributed by atoms with Gasteiger partial charge in [-0.1, -0.05) is 12.1 Å². The van der Waals surface area contributed by atoms with Crippen molar-refractivity contribution in [3.8, 4) is 0 Å². The Morgan fingerprint density at radius 3 is 2.43 bits per heavy atom. The van der Waals surface area contributed by atoms with Crippen LogP contribution >= 0.6 is 12.4 Å². The molecular formula is C16H20ClN3O3. The third-order valence-electron chi connectivity index (χ3n) is 3.14. The topological polar surface area (TPSA) is 97.4 Å². The molecule has 23 heavy (non-hydrogen) atoms. The van der Waals surface area contributed by atoms with Crippen molar-refractivity contribution in [2.24, 2.45) is 5.73 Å². The minimum absolute atomic E-state index is 0. The average molecular weight is 338 g/mol. The van der Waals surface area contributed by atoms with Gasteiger partial charge in [-0.3, -0.25) is 9.59 Å². The summed E-state index contributed by atoms with van der Waals surface area (Å²) in [4.78, 5) is 24.4. The van der Waals surface area contributed by atoms with Crippen molar-refractivity contribution >= 4 is 29.9 Å². The Bertz CT molecular complexity index is 698. The van der Waals surface area contributed by atoms with Gasteiger partial charge in [0.25, 0.3) is 11.8 Å². The van der Waals surface area contributed by atoms with Crippen molar-refractivity contribution in [3.05, 3.63) is 53.0 Å². The first kappa shape index (κ1) is 18.7. The molecule has 2 aromatic rings. The first-order valence-corrected chi connectivity index (χ1v) is 6.98. The number of carbonyl (C=O) groups is 2. The van der Waals surface area contributed by atoms with E-state index in [9.17, 15) is 9.59 Å². The number of benzene rings is 1. The molecule has 124 valence electrons. The molecule has 1 aromatic heterocycles. The van der Waals surface area contributed by atoms with Crippen LogP contribution in [-0.2, 0) is 0 Å². The summed E-state index contributed by atoms with van der Waals surface area (Å²) < 4.78 is 5.35. The number of nitrogens with one attached hydrogen (secondary N) is 2. The normalized spacial score (nSPS) is 9.87. The average Bonchev–Trinajstić information content (AvgIpc) is 2.84. The largest absolute Gasteiger partial charge is 0.466 e. The van der Waals surface area contributed by atoms with Gasteiger partial charge in [-0.15, -0.1) is 12.4 Å². The molecule has 1 aromatic carbocycles. The second kappa shape index (κ2) is 8.36. The van der Waals surface area contributed by atoms with E-state index >= 15 is 0 Å². The fourth-order valence-electron chi connectivity index (χ4n) is 2.12. The van der Waals surface area contributed by atoms with Crippen LogP contribution in [0.1, 0.15) is 32.2 Å². The molecule has 6 nitrogen and oxygen atoms in total. The Morgan fingerprint density at radius 1 is 1.13 bits per heavy atom. The number of nitrogens with two attached hydrogens (primary N) is 1. The van der Waals surface area contributed by atoms with Gasteiger partial charge >= 0.3 is 0 Å². The van der Waals surface area contributed by atoms with E-state index in [0.29, 0.717) is 41.4 Å². The van der Waals surface area contributed by atoms with Gasteiger partial charge in [-0.2, -0.15) is 0 Å². The number of anilines is 1. The van der Waals surface area contributed by atoms with Gasteiger partial charge in [-0.25, -0.2) is 0 Å². The molecule has 1 heterocycles. The van der Waals surface area contributed by atoms with Crippen molar-refractivity contribution in [3.63, 3.8) is 0 Å². The number of halogens is 1. The van der Waals surface area contributed by atoms with Crippen LogP contribution in [0.4, 0.5) is 5.69 Å². The zero-order valence-corrected chi connectivity index (χ0v) is 13.8. The Hall–Kier alpha value is -2.31. The Labute approximate surface area is 140 Å². The number of hydrogen-bond acceptors (Lipinski definition) is 4. The summed E-state index contributed by atoms with van der Waals surface area (Å²) in [6.07, 6.45) is 0. The molecule has 0 saturated heterocycles. The van der Waals surface area contributed by atoms with Crippen LogP contribution in [0.15, 0.2) is 34.7 Å². The van der Waals surface area contributed by atoms with Crippen molar-refractivity contribution in [2.45, 2.75) is 13.8 Å². The monoisotopic (exact) mass is 337 g/mol. The lowest BCUT2D eigenvalue weighted by Gasteiger charge is -2.10. The van der Waals surface area contributed by atoms with Gasteiger partial charge in [0.15, 0.2) is 0 Å². The summed E-state index contributed by atoms with van der Waals surface area (Å²) in [6, 6.07) is 8.48. The summed E-state index contributed by atoms with van der Waals surface area (Å²) in [5.41, 5.74) is 6.66. The lowest BCUT2D eigenvalue weighted by molar-refractivity contribution is 0.0955. The van der Waals surface area contributed by atoms with E-state index in [0.717, 1.165) is 0 Å². The fourth-order valence-corrected chi connectivity index (χ4v) is 2.12. The van der Waals surface area contributed by atoms with E-state index in [1.807, 2.05) is 0 Å². The second-order valence-corrected chi connectivity index (χ2v) is 4.87. The van der Waals surface area contributed by atoms with Gasteiger partial charge in [-0.05, 0) is 32.0 Å². The van der Waals surface area contributed by atoms with Gasteiger partial charge in [0, 0.05) is 13.1 Å². The van der Waals surface area contributed by atoms with E-state index in [-0.39, 0.29) is 24.2 Å². The first-order valence-electron chi connectivity index (χ1n) is 6.98. The third-order valence-corrected chi connectivity index (χ3v) is 3.14. The molecule has 0 aliphatic rings. The van der Waals surface area contributed by atoms with Crippen LogP contribution in [0, 0.1) is 13.8 Å². The molecule has 0 bridgehead atoms. The first-order chi connectivity index (χ1) is 10.5. The quantitative estimate of drug-likeness (QED) is 0.779. The lowest BCUT2D eigenvalue weighted by Crippen LogP contribution is -2.30. The summed E-state index contributed by atoms with van der Waals surface area (Å²) >= 11 is 0. The highest BCUT2D eigenvalue weighted by Gasteiger charge is 2.17. The van der Waals surface area contributed by atoms with Crippen LogP contribution < -0.4 is 16.4 Å². The summed E-state index contributed by atoms with van der Waals surface area (Å²) in [5, 5.41) is 5.43. The fraction of sp³-hybridized carbons (Fsp3) is 0.250. The van der Waals surface area contributed by atoms with E-state index in [2.05, 4.69) is 10.6 Å². The summed E-state index contributed by atoms with van der Waals surface area (Å²) in [6.45, 7) is 4.23. The van der Waals surface area contributed by atoms with Crippen LogP contribution in [0.5, 0.6) is 0 Å². The number of para-hydroxylation sites is 1. The molecule has 0 spiro atoms. The third kappa shape index (κ3) is 4.58. The predicted octanol–water partition coefficient (Wildman–Crippen LogP) is 2.26. The summed E-state index contributed by atoms with van der Waals surface area (Å²) in [5.74, 6) is 0.617. The zero-order chi connectivity index (χ0) is 16.1. The molecule has 7 heteroatoms. The van der Waals surface area contributed by atoms with E-state index < -0.39 is 0 Å². The molecule has 0 fully saturated rings. The summed E-state index contributed by atoms with van der Waals surface area (Å²) in [7, 11) is 0. The molecule has 0 aliphatic heterocycles. The highest BCUT2D eigenvalue weighted by atomic mass is 35.5. The molecule has 4 N–H and O–H groups in total. The van der Waals surface area contributed by atoms with Crippen LogP contribution in [0.25, 0.3) is 0 Å². The number of carbonyl (C=O) groups excluding carboxylic acids is 2.